The van der Waals surface area contributed by atoms with E-state index in [9.17, 15) is 33.9 Å². The molecule has 0 aliphatic heterocycles. The van der Waals surface area contributed by atoms with Crippen LogP contribution in [0.15, 0.2) is 83.9 Å². The molecule has 360 valence electrons. The van der Waals surface area contributed by atoms with Crippen molar-refractivity contribution >= 4 is 47.4 Å². The van der Waals surface area contributed by atoms with Gasteiger partial charge >= 0.3 is 12.1 Å². The number of phenolic OH excluding ortho intramolecular Hbond substituents is 1. The van der Waals surface area contributed by atoms with Crippen LogP contribution in [0.1, 0.15) is 88.8 Å². The van der Waals surface area contributed by atoms with E-state index in [4.69, 9.17) is 15.2 Å². The summed E-state index contributed by atoms with van der Waals surface area (Å²) in [5, 5.41) is 32.6. The van der Waals surface area contributed by atoms with Gasteiger partial charge in [-0.25, -0.2) is 9.59 Å². The minimum atomic E-state index is -0.907. The minimum absolute atomic E-state index is 0.0858. The topological polar surface area (TPSA) is 276 Å². The smallest absolute Gasteiger partial charge is 0.407 e. The Labute approximate surface area is 387 Å². The maximum atomic E-state index is 14.4. The molecule has 1 unspecified atom stereocenters. The summed E-state index contributed by atoms with van der Waals surface area (Å²) in [7, 11) is 0. The van der Waals surface area contributed by atoms with Crippen LogP contribution >= 0.6 is 0 Å². The van der Waals surface area contributed by atoms with Gasteiger partial charge < -0.3 is 62.8 Å². The maximum absolute atomic E-state index is 14.4. The fourth-order valence-electron chi connectivity index (χ4n) is 6.24. The number of benzene rings is 3. The third-order valence-corrected chi connectivity index (χ3v) is 9.54. The number of hydrogen-bond acceptors (Lipinski definition) is 10. The van der Waals surface area contributed by atoms with Crippen molar-refractivity contribution in [2.24, 2.45) is 10.7 Å². The van der Waals surface area contributed by atoms with Gasteiger partial charge in [-0.2, -0.15) is 4.99 Å². The highest BCUT2D eigenvalue weighted by atomic mass is 16.6. The number of phenols is 1. The quantitative estimate of drug-likeness (QED) is 0.0299. The van der Waals surface area contributed by atoms with Gasteiger partial charge in [-0.1, -0.05) is 61.5 Å². The maximum Gasteiger partial charge on any atom is 0.407 e. The normalized spacial score (nSPS) is 12.2. The summed E-state index contributed by atoms with van der Waals surface area (Å²) in [4.78, 5) is 79.3. The lowest BCUT2D eigenvalue weighted by Gasteiger charge is -2.24. The van der Waals surface area contributed by atoms with Crippen LogP contribution in [0.5, 0.6) is 5.75 Å². The lowest BCUT2D eigenvalue weighted by atomic mass is 9.89. The highest BCUT2D eigenvalue weighted by molar-refractivity contribution is 5.93. The van der Waals surface area contributed by atoms with Gasteiger partial charge in [0.1, 0.15) is 17.4 Å². The fourth-order valence-corrected chi connectivity index (χ4v) is 6.24. The molecular formula is C47H68N10O9. The van der Waals surface area contributed by atoms with Crippen molar-refractivity contribution in [2.45, 2.75) is 90.3 Å². The van der Waals surface area contributed by atoms with Crippen LogP contribution < -0.4 is 48.3 Å². The van der Waals surface area contributed by atoms with Gasteiger partial charge in [-0.3, -0.25) is 19.2 Å². The molecule has 0 saturated carbocycles. The number of rotatable bonds is 27. The molecule has 0 radical (unpaired) electrons. The molecule has 11 N–H and O–H groups in total. The average molecular weight is 917 g/mol. The molecule has 3 rings (SSSR count). The van der Waals surface area contributed by atoms with Crippen molar-refractivity contribution in [1.29, 1.82) is 0 Å². The highest BCUT2D eigenvalue weighted by Crippen LogP contribution is 2.27. The number of nitrogens with zero attached hydrogens (tertiary/aromatic N) is 1. The molecule has 2 atom stereocenters. The van der Waals surface area contributed by atoms with Crippen molar-refractivity contribution < 1.29 is 43.3 Å². The van der Waals surface area contributed by atoms with Crippen LogP contribution in [0.4, 0.5) is 15.3 Å². The standard InChI is InChI=1S/C47H68N10O9/c1-5-39(59)51-26-27-53-45(63)57-44(48)52-23-10-9-17-38(42(61)55-32-33-18-20-37(58)21-19-33)56-43(62)41(34-13-7-6-8-14-34)35-15-11-16-36(31-35)49-24-12-25-50-40(60)22-29-65-30-28-54-46(64)66-47(2,3)4/h6-8,11,13-16,18-21,31,38,41,49,58H,5,9-10,12,17,22-30,32H2,1-4H3,(H,50,60)(H,51,59)(H,54,64)(H,55,61)(H,56,62)(H4,48,52,53,57,63)/t38-,41?/m1/s1. The first-order valence-electron chi connectivity index (χ1n) is 22.3. The predicted molar refractivity (Wildman–Crippen MR) is 253 cm³/mol. The summed E-state index contributed by atoms with van der Waals surface area (Å²) in [6.45, 7) is 9.77. The summed E-state index contributed by atoms with van der Waals surface area (Å²) in [5.74, 6) is -1.78. The number of carbonyl (C=O) groups excluding carboxylic acids is 6. The second-order valence-electron chi connectivity index (χ2n) is 16.2. The van der Waals surface area contributed by atoms with E-state index < -0.39 is 29.7 Å². The Hall–Kier alpha value is -6.89. The van der Waals surface area contributed by atoms with Gasteiger partial charge in [0, 0.05) is 64.3 Å². The highest BCUT2D eigenvalue weighted by Gasteiger charge is 2.28. The first-order chi connectivity index (χ1) is 31.6. The predicted octanol–water partition coefficient (Wildman–Crippen LogP) is 3.49. The summed E-state index contributed by atoms with van der Waals surface area (Å²) in [6.07, 6.45) is 1.95. The summed E-state index contributed by atoms with van der Waals surface area (Å²) < 4.78 is 10.6. The van der Waals surface area contributed by atoms with Crippen LogP contribution in [-0.4, -0.2) is 111 Å². The van der Waals surface area contributed by atoms with E-state index in [0.717, 1.165) is 16.8 Å². The Morgan fingerprint density at radius 2 is 1.39 bits per heavy atom. The zero-order chi connectivity index (χ0) is 48.2. The molecule has 0 fully saturated rings. The number of alkyl carbamates (subject to hydrolysis) is 1. The monoisotopic (exact) mass is 917 g/mol. The summed E-state index contributed by atoms with van der Waals surface area (Å²) in [6, 6.07) is 21.7. The van der Waals surface area contributed by atoms with Gasteiger partial charge in [0.25, 0.3) is 0 Å². The molecule has 3 aromatic carbocycles. The molecule has 0 heterocycles. The molecule has 0 aliphatic rings. The number of urea groups is 1. The number of ether oxygens (including phenoxy) is 2. The Morgan fingerprint density at radius 1 is 0.697 bits per heavy atom. The van der Waals surface area contributed by atoms with E-state index in [-0.39, 0.29) is 87.6 Å². The van der Waals surface area contributed by atoms with Gasteiger partial charge in [-0.05, 0) is 87.4 Å². The molecule has 0 saturated heterocycles. The Morgan fingerprint density at radius 3 is 2.12 bits per heavy atom. The van der Waals surface area contributed by atoms with Crippen LogP contribution in [0.2, 0.25) is 0 Å². The van der Waals surface area contributed by atoms with Crippen molar-refractivity contribution in [1.82, 2.24) is 37.2 Å². The van der Waals surface area contributed by atoms with Crippen LogP contribution in [0.25, 0.3) is 0 Å². The third-order valence-electron chi connectivity index (χ3n) is 9.54. The minimum Gasteiger partial charge on any atom is -0.508 e. The second kappa shape index (κ2) is 29.5. The molecule has 19 heteroatoms. The molecule has 0 spiro atoms. The van der Waals surface area contributed by atoms with Gasteiger partial charge in [0.05, 0.1) is 19.1 Å². The molecule has 0 bridgehead atoms. The number of hydrogen-bond donors (Lipinski definition) is 10. The molecule has 66 heavy (non-hydrogen) atoms. The molecular weight excluding hydrogens is 849 g/mol. The van der Waals surface area contributed by atoms with E-state index in [2.05, 4.69) is 47.5 Å². The van der Waals surface area contributed by atoms with Gasteiger partial charge in [0.2, 0.25) is 23.6 Å². The number of amides is 7. The largest absolute Gasteiger partial charge is 0.508 e. The molecule has 19 nitrogen and oxygen atoms in total. The zero-order valence-electron chi connectivity index (χ0n) is 38.5. The Bertz CT molecular complexity index is 2010. The fraction of sp³-hybridized carbons (Fsp3) is 0.468. The van der Waals surface area contributed by atoms with E-state index in [1.165, 1.54) is 12.1 Å². The van der Waals surface area contributed by atoms with Crippen molar-refractivity contribution in [2.75, 3.05) is 57.8 Å². The van der Waals surface area contributed by atoms with E-state index in [0.29, 0.717) is 50.9 Å². The third kappa shape index (κ3) is 22.6. The SMILES string of the molecule is CCC(=O)NCCNC(=O)/N=C(/N)NCCCC[C@@H](NC(=O)C(c1ccccc1)c1cccc(NCCCNC(=O)CCOCCNC(=O)OC(C)(C)C)c1)C(=O)NCc1ccc(O)cc1. The number of carbonyl (C=O) groups is 6. The second-order valence-corrected chi connectivity index (χ2v) is 16.2. The van der Waals surface area contributed by atoms with Crippen molar-refractivity contribution in [3.63, 3.8) is 0 Å². The number of aromatic hydroxyl groups is 1. The van der Waals surface area contributed by atoms with E-state index in [1.807, 2.05) is 54.6 Å². The van der Waals surface area contributed by atoms with Crippen molar-refractivity contribution in [3.8, 4) is 5.75 Å². The first-order valence-corrected chi connectivity index (χ1v) is 22.3. The number of nitrogens with two attached hydrogens (primary N) is 1. The van der Waals surface area contributed by atoms with Crippen LogP contribution in [0, 0.1) is 0 Å². The first kappa shape index (κ1) is 53.4. The van der Waals surface area contributed by atoms with Crippen LogP contribution in [-0.2, 0) is 35.2 Å². The number of aliphatic imine (C=N–C) groups is 1. The zero-order valence-corrected chi connectivity index (χ0v) is 38.5. The lowest BCUT2D eigenvalue weighted by Crippen LogP contribution is -2.48. The Balaban J connectivity index is 1.56. The van der Waals surface area contributed by atoms with Crippen LogP contribution in [0.3, 0.4) is 0 Å². The van der Waals surface area contributed by atoms with Gasteiger partial charge in [-0.15, -0.1) is 0 Å². The van der Waals surface area contributed by atoms with E-state index >= 15 is 0 Å². The number of unbranched alkanes of at least 4 members (excludes halogenated alkanes) is 1. The van der Waals surface area contributed by atoms with Gasteiger partial charge in [0.15, 0.2) is 5.96 Å². The molecule has 7 amide bonds. The number of nitrogens with one attached hydrogen (secondary N) is 8. The lowest BCUT2D eigenvalue weighted by molar-refractivity contribution is -0.129. The summed E-state index contributed by atoms with van der Waals surface area (Å²) in [5.41, 5.74) is 8.28. The average Bonchev–Trinajstić information content (AvgIpc) is 3.28. The Kier molecular flexibility index (Phi) is 23.9. The summed E-state index contributed by atoms with van der Waals surface area (Å²) >= 11 is 0. The number of guanidine groups is 1. The molecule has 3 aromatic rings. The van der Waals surface area contributed by atoms with Crippen molar-refractivity contribution in [3.05, 3.63) is 95.6 Å². The molecule has 0 aliphatic carbocycles. The number of anilines is 1. The van der Waals surface area contributed by atoms with E-state index in [1.54, 1.807) is 39.8 Å². The molecule has 0 aromatic heterocycles.